The lowest BCUT2D eigenvalue weighted by atomic mass is 10.1. The molecule has 0 radical (unpaired) electrons. The number of ether oxygens (including phenoxy) is 1. The third-order valence-electron chi connectivity index (χ3n) is 4.16. The number of hydrogen-bond donors (Lipinski definition) is 0. The summed E-state index contributed by atoms with van der Waals surface area (Å²) in [6.45, 7) is 0.362. The second-order valence-corrected chi connectivity index (χ2v) is 8.01. The van der Waals surface area contributed by atoms with Gasteiger partial charge in [0.15, 0.2) is 0 Å². The number of halogens is 2. The van der Waals surface area contributed by atoms with Gasteiger partial charge >= 0.3 is 0 Å². The Morgan fingerprint density at radius 3 is 2.52 bits per heavy atom. The molecule has 0 spiro atoms. The number of nitriles is 1. The van der Waals surface area contributed by atoms with Crippen molar-refractivity contribution in [2.75, 3.05) is 0 Å². The molecule has 0 unspecified atom stereocenters. The van der Waals surface area contributed by atoms with E-state index in [1.807, 2.05) is 24.3 Å². The molecule has 3 rings (SSSR count). The van der Waals surface area contributed by atoms with Crippen LogP contribution in [0.15, 0.2) is 74.8 Å². The minimum atomic E-state index is -0.440. The van der Waals surface area contributed by atoms with E-state index in [-0.39, 0.29) is 18.9 Å². The fourth-order valence-electron chi connectivity index (χ4n) is 2.67. The summed E-state index contributed by atoms with van der Waals surface area (Å²) in [6.07, 6.45) is 1.55. The predicted molar refractivity (Wildman–Crippen MR) is 123 cm³/mol. The van der Waals surface area contributed by atoms with Gasteiger partial charge in [-0.2, -0.15) is 5.26 Å². The van der Waals surface area contributed by atoms with Crippen LogP contribution in [0.5, 0.6) is 5.75 Å². The molecule has 31 heavy (non-hydrogen) atoms. The maximum atomic E-state index is 10.9. The van der Waals surface area contributed by atoms with E-state index in [4.69, 9.17) is 14.8 Å². The average Bonchev–Trinajstić information content (AvgIpc) is 2.76. The van der Waals surface area contributed by atoms with Gasteiger partial charge in [-0.3, -0.25) is 10.1 Å². The van der Waals surface area contributed by atoms with Crippen molar-refractivity contribution in [2.45, 2.75) is 13.2 Å². The van der Waals surface area contributed by atoms with Crippen molar-refractivity contribution in [1.82, 2.24) is 0 Å². The van der Waals surface area contributed by atoms with Crippen LogP contribution in [0.3, 0.4) is 0 Å². The maximum Gasteiger partial charge on any atom is 0.269 e. The molecule has 0 saturated carbocycles. The van der Waals surface area contributed by atoms with E-state index >= 15 is 0 Å². The number of benzene rings is 3. The molecule has 0 aliphatic heterocycles. The number of rotatable bonds is 8. The Morgan fingerprint density at radius 1 is 1.06 bits per heavy atom. The predicted octanol–water partition coefficient (Wildman–Crippen LogP) is 6.12. The quantitative estimate of drug-likeness (QED) is 0.193. The summed E-state index contributed by atoms with van der Waals surface area (Å²) >= 11 is 6.94. The van der Waals surface area contributed by atoms with Gasteiger partial charge < -0.3 is 9.57 Å². The lowest BCUT2D eigenvalue weighted by Gasteiger charge is -2.11. The number of non-ortho nitro benzene ring substituents is 1. The molecule has 0 fully saturated rings. The molecule has 0 aromatic heterocycles. The van der Waals surface area contributed by atoms with E-state index in [1.54, 1.807) is 30.5 Å². The molecule has 0 heterocycles. The van der Waals surface area contributed by atoms with Gasteiger partial charge in [-0.1, -0.05) is 35.5 Å². The Hall–Kier alpha value is -3.22. The molecular weight excluding hydrogens is 530 g/mol. The number of nitro benzene ring substituents is 1. The number of hydrogen-bond acceptors (Lipinski definition) is 6. The van der Waals surface area contributed by atoms with Gasteiger partial charge in [0.25, 0.3) is 5.69 Å². The van der Waals surface area contributed by atoms with Crippen molar-refractivity contribution in [1.29, 1.82) is 5.26 Å². The van der Waals surface area contributed by atoms with Gasteiger partial charge in [0, 0.05) is 17.7 Å². The van der Waals surface area contributed by atoms with Gasteiger partial charge in [0.1, 0.15) is 19.0 Å². The van der Waals surface area contributed by atoms with Crippen LogP contribution in [0.1, 0.15) is 22.3 Å². The molecular formula is C22H15Br2N3O4. The van der Waals surface area contributed by atoms with Crippen LogP contribution in [0.4, 0.5) is 5.69 Å². The van der Waals surface area contributed by atoms with E-state index in [9.17, 15) is 10.1 Å². The Morgan fingerprint density at radius 2 is 1.81 bits per heavy atom. The molecule has 0 amide bonds. The van der Waals surface area contributed by atoms with Crippen molar-refractivity contribution in [3.8, 4) is 11.8 Å². The molecule has 3 aromatic rings. The Labute approximate surface area is 195 Å². The van der Waals surface area contributed by atoms with E-state index in [2.05, 4.69) is 43.1 Å². The first-order valence-electron chi connectivity index (χ1n) is 8.96. The SMILES string of the molecule is N#Cc1ccccc1CO/N=C\c1cc(Br)c(OCc2cccc([N+](=O)[O-])c2)c(Br)c1. The van der Waals surface area contributed by atoms with E-state index in [1.165, 1.54) is 12.1 Å². The summed E-state index contributed by atoms with van der Waals surface area (Å²) in [6, 6.07) is 19.2. The molecule has 0 aliphatic rings. The number of nitrogens with zero attached hydrogens (tertiary/aromatic N) is 3. The van der Waals surface area contributed by atoms with Crippen molar-refractivity contribution < 1.29 is 14.5 Å². The average molecular weight is 545 g/mol. The van der Waals surface area contributed by atoms with Crippen LogP contribution in [0.2, 0.25) is 0 Å². The molecule has 0 bridgehead atoms. The van der Waals surface area contributed by atoms with Crippen molar-refractivity contribution in [3.05, 3.63) is 102 Å². The van der Waals surface area contributed by atoms with Crippen LogP contribution < -0.4 is 4.74 Å². The standard InChI is InChI=1S/C22H15Br2N3O4/c23-20-9-16(12-26-31-14-18-6-2-1-5-17(18)11-25)10-21(24)22(20)30-13-15-4-3-7-19(8-15)27(28)29/h1-10,12H,13-14H2/b26-12-. The van der Waals surface area contributed by atoms with Crippen molar-refractivity contribution in [2.24, 2.45) is 5.16 Å². The first-order chi connectivity index (χ1) is 15.0. The minimum Gasteiger partial charge on any atom is -0.487 e. The topological polar surface area (TPSA) is 97.8 Å². The third kappa shape index (κ3) is 6.13. The van der Waals surface area contributed by atoms with Crippen LogP contribution in [-0.2, 0) is 18.1 Å². The van der Waals surface area contributed by atoms with Gasteiger partial charge in [0.2, 0.25) is 0 Å². The Bertz CT molecular complexity index is 1150. The van der Waals surface area contributed by atoms with Crippen molar-refractivity contribution >= 4 is 43.8 Å². The second-order valence-electron chi connectivity index (χ2n) is 6.31. The molecule has 0 N–H and O–H groups in total. The summed E-state index contributed by atoms with van der Waals surface area (Å²) in [7, 11) is 0. The first kappa shape index (κ1) is 22.5. The summed E-state index contributed by atoms with van der Waals surface area (Å²) in [5.41, 5.74) is 2.77. The number of nitro groups is 1. The number of oxime groups is 1. The van der Waals surface area contributed by atoms with Crippen LogP contribution in [0, 0.1) is 21.4 Å². The molecule has 0 aliphatic carbocycles. The molecule has 9 heteroatoms. The largest absolute Gasteiger partial charge is 0.487 e. The van der Waals surface area contributed by atoms with Gasteiger partial charge in [-0.15, -0.1) is 0 Å². The summed E-state index contributed by atoms with van der Waals surface area (Å²) in [4.78, 5) is 15.8. The van der Waals surface area contributed by atoms with Gasteiger partial charge in [0.05, 0.1) is 31.7 Å². The molecule has 7 nitrogen and oxygen atoms in total. The van der Waals surface area contributed by atoms with Crippen LogP contribution in [0.25, 0.3) is 0 Å². The Balaban J connectivity index is 1.63. The van der Waals surface area contributed by atoms with Crippen LogP contribution in [-0.4, -0.2) is 11.1 Å². The lowest BCUT2D eigenvalue weighted by molar-refractivity contribution is -0.384. The highest BCUT2D eigenvalue weighted by atomic mass is 79.9. The zero-order chi connectivity index (χ0) is 22.2. The van der Waals surface area contributed by atoms with E-state index < -0.39 is 4.92 Å². The Kier molecular flexibility index (Phi) is 7.76. The molecule has 0 saturated heterocycles. The van der Waals surface area contributed by atoms with Gasteiger partial charge in [-0.05, 0) is 61.2 Å². The summed E-state index contributed by atoms with van der Waals surface area (Å²) in [5, 5.41) is 24.0. The zero-order valence-corrected chi connectivity index (χ0v) is 19.2. The van der Waals surface area contributed by atoms with E-state index in [0.717, 1.165) is 11.1 Å². The zero-order valence-electron chi connectivity index (χ0n) is 16.0. The van der Waals surface area contributed by atoms with Crippen LogP contribution >= 0.6 is 31.9 Å². The third-order valence-corrected chi connectivity index (χ3v) is 5.34. The lowest BCUT2D eigenvalue weighted by Crippen LogP contribution is -1.99. The molecule has 3 aromatic carbocycles. The summed E-state index contributed by atoms with van der Waals surface area (Å²) < 4.78 is 7.20. The first-order valence-corrected chi connectivity index (χ1v) is 10.5. The fourth-order valence-corrected chi connectivity index (χ4v) is 4.12. The minimum absolute atomic E-state index is 0.0168. The highest BCUT2D eigenvalue weighted by Crippen LogP contribution is 2.35. The summed E-state index contributed by atoms with van der Waals surface area (Å²) in [5.74, 6) is 0.563. The fraction of sp³-hybridized carbons (Fsp3) is 0.0909. The highest BCUT2D eigenvalue weighted by Gasteiger charge is 2.11. The molecule has 156 valence electrons. The normalized spacial score (nSPS) is 10.6. The molecule has 0 atom stereocenters. The highest BCUT2D eigenvalue weighted by molar-refractivity contribution is 9.11. The smallest absolute Gasteiger partial charge is 0.269 e. The van der Waals surface area contributed by atoms with Crippen molar-refractivity contribution in [3.63, 3.8) is 0 Å². The van der Waals surface area contributed by atoms with Gasteiger partial charge in [-0.25, -0.2) is 0 Å². The second kappa shape index (κ2) is 10.7. The monoisotopic (exact) mass is 543 g/mol. The van der Waals surface area contributed by atoms with E-state index in [0.29, 0.717) is 25.8 Å². The maximum absolute atomic E-state index is 10.9.